The molecule has 1 aliphatic rings. The maximum Gasteiger partial charge on any atom is 0.171 e. The van der Waals surface area contributed by atoms with Crippen molar-refractivity contribution in [3.8, 4) is 0 Å². The minimum Gasteiger partial charge on any atom is -0.468 e. The van der Waals surface area contributed by atoms with Gasteiger partial charge in [-0.2, -0.15) is 0 Å². The first-order valence-corrected chi connectivity index (χ1v) is 7.49. The van der Waals surface area contributed by atoms with Crippen molar-refractivity contribution in [3.63, 3.8) is 0 Å². The van der Waals surface area contributed by atoms with Gasteiger partial charge in [-0.3, -0.25) is 4.90 Å². The van der Waals surface area contributed by atoms with Crippen LogP contribution in [0.2, 0.25) is 0 Å². The molecule has 0 spiro atoms. The molecule has 3 rings (SSSR count). The lowest BCUT2D eigenvalue weighted by Crippen LogP contribution is -2.56. The van der Waals surface area contributed by atoms with E-state index in [2.05, 4.69) is 46.3 Å². The fourth-order valence-corrected chi connectivity index (χ4v) is 2.83. The van der Waals surface area contributed by atoms with Crippen molar-refractivity contribution in [1.82, 2.24) is 15.1 Å². The van der Waals surface area contributed by atoms with E-state index >= 15 is 0 Å². The third-order valence-corrected chi connectivity index (χ3v) is 4.15. The number of thiocarbonyl (C=S) groups is 1. The standard InChI is InChI=1S/C16H19N3OS/c1-13(14-6-3-2-4-7-14)19-12-18(11-17-16(19)21)10-15-8-5-9-20-15/h2-9,13H,10-12H2,1H3,(H,17,21). The van der Waals surface area contributed by atoms with Crippen molar-refractivity contribution >= 4 is 17.3 Å². The predicted molar refractivity (Wildman–Crippen MR) is 86.4 cm³/mol. The zero-order chi connectivity index (χ0) is 14.7. The van der Waals surface area contributed by atoms with E-state index in [9.17, 15) is 0 Å². The summed E-state index contributed by atoms with van der Waals surface area (Å²) in [6.07, 6.45) is 1.71. The van der Waals surface area contributed by atoms with E-state index in [0.717, 1.165) is 30.8 Å². The molecule has 1 aromatic heterocycles. The average molecular weight is 301 g/mol. The molecule has 21 heavy (non-hydrogen) atoms. The number of rotatable bonds is 4. The first-order chi connectivity index (χ1) is 10.2. The summed E-state index contributed by atoms with van der Waals surface area (Å²) >= 11 is 5.47. The Bertz CT molecular complexity index is 585. The second-order valence-electron chi connectivity index (χ2n) is 5.25. The average Bonchev–Trinajstić information content (AvgIpc) is 3.02. The zero-order valence-corrected chi connectivity index (χ0v) is 12.8. The summed E-state index contributed by atoms with van der Waals surface area (Å²) in [5.74, 6) is 0.969. The Hall–Kier alpha value is -1.85. The van der Waals surface area contributed by atoms with Crippen LogP contribution in [-0.4, -0.2) is 28.2 Å². The van der Waals surface area contributed by atoms with Gasteiger partial charge < -0.3 is 14.6 Å². The molecule has 1 aliphatic heterocycles. The largest absolute Gasteiger partial charge is 0.468 e. The summed E-state index contributed by atoms with van der Waals surface area (Å²) in [5, 5.41) is 4.09. The molecule has 1 aromatic carbocycles. The third-order valence-electron chi connectivity index (χ3n) is 3.78. The number of furan rings is 1. The Balaban J connectivity index is 1.70. The maximum absolute atomic E-state index is 5.47. The number of hydrogen-bond donors (Lipinski definition) is 1. The second kappa shape index (κ2) is 6.28. The SMILES string of the molecule is CC(c1ccccc1)N1CN(Cc2ccco2)CNC1=S. The van der Waals surface area contributed by atoms with Gasteiger partial charge in [-0.25, -0.2) is 0 Å². The molecule has 110 valence electrons. The van der Waals surface area contributed by atoms with Gasteiger partial charge >= 0.3 is 0 Å². The minimum absolute atomic E-state index is 0.241. The van der Waals surface area contributed by atoms with Crippen LogP contribution in [0.1, 0.15) is 24.3 Å². The fourth-order valence-electron chi connectivity index (χ4n) is 2.55. The van der Waals surface area contributed by atoms with E-state index in [1.165, 1.54) is 5.56 Å². The van der Waals surface area contributed by atoms with Gasteiger partial charge in [0.05, 0.1) is 32.2 Å². The normalized spacial score (nSPS) is 17.6. The summed E-state index contributed by atoms with van der Waals surface area (Å²) in [7, 11) is 0. The lowest BCUT2D eigenvalue weighted by atomic mass is 10.1. The molecule has 0 saturated carbocycles. The Kier molecular flexibility index (Phi) is 4.22. The van der Waals surface area contributed by atoms with Crippen LogP contribution in [0.5, 0.6) is 0 Å². The minimum atomic E-state index is 0.241. The fraction of sp³-hybridized carbons (Fsp3) is 0.312. The number of nitrogens with zero attached hydrogens (tertiary/aromatic N) is 2. The van der Waals surface area contributed by atoms with Crippen molar-refractivity contribution in [2.45, 2.75) is 19.5 Å². The number of hydrogen-bond acceptors (Lipinski definition) is 3. The Morgan fingerprint density at radius 2 is 2.05 bits per heavy atom. The smallest absolute Gasteiger partial charge is 0.171 e. The van der Waals surface area contributed by atoms with E-state index in [0.29, 0.717) is 0 Å². The summed E-state index contributed by atoms with van der Waals surface area (Å²) < 4.78 is 5.42. The molecule has 0 bridgehead atoms. The molecule has 1 atom stereocenters. The van der Waals surface area contributed by atoms with Crippen LogP contribution >= 0.6 is 12.2 Å². The molecule has 2 aromatic rings. The van der Waals surface area contributed by atoms with Crippen molar-refractivity contribution in [1.29, 1.82) is 0 Å². The van der Waals surface area contributed by atoms with Crippen LogP contribution in [0, 0.1) is 0 Å². The van der Waals surface area contributed by atoms with Gasteiger partial charge in [0.15, 0.2) is 5.11 Å². The highest BCUT2D eigenvalue weighted by Crippen LogP contribution is 2.22. The molecule has 5 heteroatoms. The van der Waals surface area contributed by atoms with E-state index in [1.54, 1.807) is 6.26 Å². The van der Waals surface area contributed by atoms with E-state index < -0.39 is 0 Å². The van der Waals surface area contributed by atoms with Crippen LogP contribution in [-0.2, 0) is 6.54 Å². The van der Waals surface area contributed by atoms with Gasteiger partial charge in [0.2, 0.25) is 0 Å². The predicted octanol–water partition coefficient (Wildman–Crippen LogP) is 2.95. The number of benzene rings is 1. The van der Waals surface area contributed by atoms with Crippen LogP contribution < -0.4 is 5.32 Å². The zero-order valence-electron chi connectivity index (χ0n) is 12.0. The van der Waals surface area contributed by atoms with Crippen molar-refractivity contribution in [2.24, 2.45) is 0 Å². The summed E-state index contributed by atoms with van der Waals surface area (Å²) in [6.45, 7) is 4.50. The lowest BCUT2D eigenvalue weighted by Gasteiger charge is -2.41. The summed E-state index contributed by atoms with van der Waals surface area (Å²) in [4.78, 5) is 4.48. The molecule has 0 radical (unpaired) electrons. The summed E-state index contributed by atoms with van der Waals surface area (Å²) in [6, 6.07) is 14.6. The molecule has 1 unspecified atom stereocenters. The monoisotopic (exact) mass is 301 g/mol. The van der Waals surface area contributed by atoms with Gasteiger partial charge in [0, 0.05) is 0 Å². The highest BCUT2D eigenvalue weighted by molar-refractivity contribution is 7.80. The highest BCUT2D eigenvalue weighted by atomic mass is 32.1. The molecular formula is C16H19N3OS. The molecule has 0 amide bonds. The van der Waals surface area contributed by atoms with Crippen LogP contribution in [0.3, 0.4) is 0 Å². The molecular weight excluding hydrogens is 282 g/mol. The van der Waals surface area contributed by atoms with Crippen LogP contribution in [0.15, 0.2) is 53.1 Å². The second-order valence-corrected chi connectivity index (χ2v) is 5.63. The molecule has 1 saturated heterocycles. The Labute approximate surface area is 130 Å². The third kappa shape index (κ3) is 3.25. The lowest BCUT2D eigenvalue weighted by molar-refractivity contribution is 0.115. The first kappa shape index (κ1) is 14.1. The van der Waals surface area contributed by atoms with E-state index in [4.69, 9.17) is 16.6 Å². The molecule has 4 nitrogen and oxygen atoms in total. The van der Waals surface area contributed by atoms with E-state index in [-0.39, 0.29) is 6.04 Å². The Morgan fingerprint density at radius 3 is 2.76 bits per heavy atom. The topological polar surface area (TPSA) is 31.6 Å². The number of nitrogens with one attached hydrogen (secondary N) is 1. The van der Waals surface area contributed by atoms with Crippen molar-refractivity contribution in [3.05, 3.63) is 60.1 Å². The summed E-state index contributed by atoms with van der Waals surface area (Å²) in [5.41, 5.74) is 1.27. The van der Waals surface area contributed by atoms with Crippen LogP contribution in [0.4, 0.5) is 0 Å². The first-order valence-electron chi connectivity index (χ1n) is 7.08. The van der Waals surface area contributed by atoms with Crippen LogP contribution in [0.25, 0.3) is 0 Å². The molecule has 1 N–H and O–H groups in total. The van der Waals surface area contributed by atoms with Crippen molar-refractivity contribution in [2.75, 3.05) is 13.3 Å². The molecule has 1 fully saturated rings. The van der Waals surface area contributed by atoms with Gasteiger partial charge in [-0.05, 0) is 36.8 Å². The molecule has 2 heterocycles. The van der Waals surface area contributed by atoms with Gasteiger partial charge in [-0.15, -0.1) is 0 Å². The molecule has 0 aliphatic carbocycles. The van der Waals surface area contributed by atoms with Gasteiger partial charge in [0.1, 0.15) is 5.76 Å². The van der Waals surface area contributed by atoms with Crippen molar-refractivity contribution < 1.29 is 4.42 Å². The maximum atomic E-state index is 5.47. The van der Waals surface area contributed by atoms with Gasteiger partial charge in [0.25, 0.3) is 0 Å². The van der Waals surface area contributed by atoms with E-state index in [1.807, 2.05) is 18.2 Å². The highest BCUT2D eigenvalue weighted by Gasteiger charge is 2.25. The quantitative estimate of drug-likeness (QED) is 0.878. The Morgan fingerprint density at radius 1 is 1.24 bits per heavy atom. The van der Waals surface area contributed by atoms with Gasteiger partial charge in [-0.1, -0.05) is 30.3 Å².